The number of fused-ring (bicyclic) bond motifs is 1. The highest BCUT2D eigenvalue weighted by Gasteiger charge is 2.10. The normalized spacial score (nSPS) is 11.1. The largest absolute Gasteiger partial charge is 0.478 e. The van der Waals surface area contributed by atoms with Crippen molar-refractivity contribution < 1.29 is 19.4 Å². The van der Waals surface area contributed by atoms with E-state index in [-0.39, 0.29) is 11.5 Å². The molecule has 154 valence electrons. The second kappa shape index (κ2) is 8.67. The first-order valence-corrected chi connectivity index (χ1v) is 9.68. The van der Waals surface area contributed by atoms with Gasteiger partial charge in [0.1, 0.15) is 0 Å². The first kappa shape index (κ1) is 20.1. The van der Waals surface area contributed by atoms with E-state index < -0.39 is 5.97 Å². The van der Waals surface area contributed by atoms with Crippen LogP contribution in [0.3, 0.4) is 0 Å². The van der Waals surface area contributed by atoms with Gasteiger partial charge in [-0.25, -0.2) is 9.59 Å². The van der Waals surface area contributed by atoms with Gasteiger partial charge in [-0.2, -0.15) is 0 Å². The number of carboxylic acids is 1. The lowest BCUT2D eigenvalue weighted by atomic mass is 10.1. The second-order valence-electron chi connectivity index (χ2n) is 7.03. The molecule has 3 aromatic carbocycles. The smallest absolute Gasteiger partial charge is 0.337 e. The molecule has 0 radical (unpaired) electrons. The first-order chi connectivity index (χ1) is 15.0. The van der Waals surface area contributed by atoms with E-state index >= 15 is 0 Å². The molecule has 0 saturated carbocycles. The van der Waals surface area contributed by atoms with Crippen molar-refractivity contribution in [3.8, 4) is 0 Å². The van der Waals surface area contributed by atoms with Crippen LogP contribution in [0.15, 0.2) is 84.0 Å². The van der Waals surface area contributed by atoms with Gasteiger partial charge in [0.05, 0.1) is 23.9 Å². The van der Waals surface area contributed by atoms with E-state index in [0.29, 0.717) is 17.8 Å². The van der Waals surface area contributed by atoms with E-state index in [9.17, 15) is 9.59 Å². The SMILES string of the molecule is COC(=O)c1cccc(Cn2cc(C=Nc3ccc(C(=O)O)cc3)c3ccccc32)c1. The maximum atomic E-state index is 11.8. The van der Waals surface area contributed by atoms with E-state index in [1.165, 1.54) is 19.2 Å². The Morgan fingerprint density at radius 2 is 1.77 bits per heavy atom. The van der Waals surface area contributed by atoms with Crippen LogP contribution in [0, 0.1) is 0 Å². The van der Waals surface area contributed by atoms with Gasteiger partial charge in [-0.3, -0.25) is 4.99 Å². The molecule has 0 bridgehead atoms. The number of para-hydroxylation sites is 1. The van der Waals surface area contributed by atoms with Crippen molar-refractivity contribution in [1.82, 2.24) is 4.57 Å². The Labute approximate surface area is 179 Å². The van der Waals surface area contributed by atoms with Crippen LogP contribution in [-0.4, -0.2) is 34.9 Å². The zero-order valence-corrected chi connectivity index (χ0v) is 16.9. The molecular formula is C25H20N2O4. The summed E-state index contributed by atoms with van der Waals surface area (Å²) in [4.78, 5) is 27.3. The van der Waals surface area contributed by atoms with Gasteiger partial charge in [0, 0.05) is 35.4 Å². The number of ether oxygens (including phenoxy) is 1. The van der Waals surface area contributed by atoms with Crippen molar-refractivity contribution >= 4 is 34.7 Å². The molecule has 0 saturated heterocycles. The van der Waals surface area contributed by atoms with Crippen LogP contribution >= 0.6 is 0 Å². The molecule has 1 N–H and O–H groups in total. The number of carboxylic acid groups (broad SMARTS) is 1. The van der Waals surface area contributed by atoms with E-state index in [2.05, 4.69) is 9.56 Å². The van der Waals surface area contributed by atoms with Crippen molar-refractivity contribution in [2.24, 2.45) is 4.99 Å². The number of hydrogen-bond donors (Lipinski definition) is 1. The molecule has 1 aromatic heterocycles. The minimum absolute atomic E-state index is 0.227. The Kier molecular flexibility index (Phi) is 5.62. The fraction of sp³-hybridized carbons (Fsp3) is 0.0800. The molecule has 0 amide bonds. The van der Waals surface area contributed by atoms with E-state index in [4.69, 9.17) is 9.84 Å². The summed E-state index contributed by atoms with van der Waals surface area (Å²) < 4.78 is 6.93. The van der Waals surface area contributed by atoms with Gasteiger partial charge in [-0.15, -0.1) is 0 Å². The Balaban J connectivity index is 1.65. The highest BCUT2D eigenvalue weighted by molar-refractivity contribution is 6.00. The topological polar surface area (TPSA) is 80.9 Å². The van der Waals surface area contributed by atoms with Gasteiger partial charge in [0.2, 0.25) is 0 Å². The summed E-state index contributed by atoms with van der Waals surface area (Å²) in [5.41, 5.74) is 4.40. The van der Waals surface area contributed by atoms with Crippen LogP contribution in [0.5, 0.6) is 0 Å². The minimum atomic E-state index is -0.963. The molecule has 31 heavy (non-hydrogen) atoms. The van der Waals surface area contributed by atoms with E-state index in [1.807, 2.05) is 48.7 Å². The molecule has 4 rings (SSSR count). The molecule has 1 heterocycles. The third-order valence-electron chi connectivity index (χ3n) is 4.99. The second-order valence-corrected chi connectivity index (χ2v) is 7.03. The number of benzene rings is 3. The molecular weight excluding hydrogens is 392 g/mol. The number of aromatic nitrogens is 1. The van der Waals surface area contributed by atoms with Gasteiger partial charge in [0.15, 0.2) is 0 Å². The molecule has 4 aromatic rings. The summed E-state index contributed by atoms with van der Waals surface area (Å²) in [5, 5.41) is 10.1. The third kappa shape index (κ3) is 4.38. The van der Waals surface area contributed by atoms with Crippen LogP contribution in [0.2, 0.25) is 0 Å². The zero-order valence-electron chi connectivity index (χ0n) is 16.9. The number of rotatable bonds is 6. The predicted molar refractivity (Wildman–Crippen MR) is 119 cm³/mol. The fourth-order valence-electron chi connectivity index (χ4n) is 3.45. The average molecular weight is 412 g/mol. The Bertz CT molecular complexity index is 1290. The number of carbonyl (C=O) groups is 2. The highest BCUT2D eigenvalue weighted by atomic mass is 16.5. The number of carbonyl (C=O) groups excluding carboxylic acids is 1. The molecule has 0 aliphatic heterocycles. The molecule has 6 heteroatoms. The molecule has 0 spiro atoms. The van der Waals surface area contributed by atoms with Crippen LogP contribution in [0.25, 0.3) is 10.9 Å². The third-order valence-corrected chi connectivity index (χ3v) is 4.99. The zero-order chi connectivity index (χ0) is 21.8. The van der Waals surface area contributed by atoms with E-state index in [1.54, 1.807) is 24.4 Å². The fourth-order valence-corrected chi connectivity index (χ4v) is 3.45. The quantitative estimate of drug-likeness (QED) is 0.360. The van der Waals surface area contributed by atoms with Crippen molar-refractivity contribution in [2.75, 3.05) is 7.11 Å². The Morgan fingerprint density at radius 3 is 2.52 bits per heavy atom. The van der Waals surface area contributed by atoms with Crippen molar-refractivity contribution in [3.05, 3.63) is 101 Å². The Hall–Kier alpha value is -4.19. The van der Waals surface area contributed by atoms with Crippen molar-refractivity contribution in [3.63, 3.8) is 0 Å². The van der Waals surface area contributed by atoms with Crippen molar-refractivity contribution in [2.45, 2.75) is 6.54 Å². The summed E-state index contributed by atoms with van der Waals surface area (Å²) >= 11 is 0. The lowest BCUT2D eigenvalue weighted by molar-refractivity contribution is 0.0599. The van der Waals surface area contributed by atoms with Crippen LogP contribution < -0.4 is 0 Å². The molecule has 0 atom stereocenters. The average Bonchev–Trinajstić information content (AvgIpc) is 3.15. The first-order valence-electron chi connectivity index (χ1n) is 9.68. The molecule has 6 nitrogen and oxygen atoms in total. The molecule has 0 fully saturated rings. The molecule has 0 unspecified atom stereocenters. The minimum Gasteiger partial charge on any atom is -0.478 e. The summed E-state index contributed by atoms with van der Waals surface area (Å²) in [5.74, 6) is -1.32. The lowest BCUT2D eigenvalue weighted by Gasteiger charge is -2.07. The van der Waals surface area contributed by atoms with Crippen LogP contribution in [0.4, 0.5) is 5.69 Å². The summed E-state index contributed by atoms with van der Waals surface area (Å²) in [7, 11) is 1.37. The van der Waals surface area contributed by atoms with Gasteiger partial charge in [-0.1, -0.05) is 30.3 Å². The maximum absolute atomic E-state index is 11.8. The number of hydrogen-bond acceptors (Lipinski definition) is 4. The lowest BCUT2D eigenvalue weighted by Crippen LogP contribution is -2.03. The number of aliphatic imine (C=N–C) groups is 1. The Morgan fingerprint density at radius 1 is 1.00 bits per heavy atom. The standard InChI is InChI=1S/C25H20N2O4/c1-31-25(30)19-6-4-5-17(13-19)15-27-16-20(22-7-2-3-8-23(22)27)14-26-21-11-9-18(10-12-21)24(28)29/h2-14,16H,15H2,1H3,(H,28,29). The van der Waals surface area contributed by atoms with Gasteiger partial charge in [0.25, 0.3) is 0 Å². The van der Waals surface area contributed by atoms with Gasteiger partial charge < -0.3 is 14.4 Å². The van der Waals surface area contributed by atoms with Crippen molar-refractivity contribution in [1.29, 1.82) is 0 Å². The number of methoxy groups -OCH3 is 1. The summed E-state index contributed by atoms with van der Waals surface area (Å²) in [6, 6.07) is 21.8. The summed E-state index contributed by atoms with van der Waals surface area (Å²) in [6.45, 7) is 0.590. The summed E-state index contributed by atoms with van der Waals surface area (Å²) in [6.07, 6.45) is 3.80. The number of nitrogens with zero attached hydrogens (tertiary/aromatic N) is 2. The highest BCUT2D eigenvalue weighted by Crippen LogP contribution is 2.23. The monoisotopic (exact) mass is 412 g/mol. The number of esters is 1. The number of aromatic carboxylic acids is 1. The maximum Gasteiger partial charge on any atom is 0.337 e. The van der Waals surface area contributed by atoms with E-state index in [0.717, 1.165) is 22.0 Å². The molecule has 0 aliphatic carbocycles. The van der Waals surface area contributed by atoms with Crippen LogP contribution in [-0.2, 0) is 11.3 Å². The predicted octanol–water partition coefficient (Wildman–Crippen LogP) is 4.93. The van der Waals surface area contributed by atoms with Gasteiger partial charge >= 0.3 is 11.9 Å². The van der Waals surface area contributed by atoms with Crippen LogP contribution in [0.1, 0.15) is 31.8 Å². The molecule has 0 aliphatic rings. The van der Waals surface area contributed by atoms with Gasteiger partial charge in [-0.05, 0) is 48.0 Å².